The van der Waals surface area contributed by atoms with E-state index >= 15 is 14.4 Å². The van der Waals surface area contributed by atoms with Crippen LogP contribution in [-0.2, 0) is 47.0 Å². The third-order valence-corrected chi connectivity index (χ3v) is 13.3. The van der Waals surface area contributed by atoms with E-state index in [4.69, 9.17) is 18.9 Å². The fourth-order valence-corrected chi connectivity index (χ4v) is 10.4. The van der Waals surface area contributed by atoms with Crippen LogP contribution in [0.1, 0.15) is 51.7 Å². The van der Waals surface area contributed by atoms with Gasteiger partial charge in [0, 0.05) is 43.1 Å². The van der Waals surface area contributed by atoms with Crippen LogP contribution in [0.15, 0.2) is 152 Å². The zero-order chi connectivity index (χ0) is 48.9. The van der Waals surface area contributed by atoms with Crippen molar-refractivity contribution in [2.24, 2.45) is 5.92 Å². The van der Waals surface area contributed by atoms with E-state index in [9.17, 15) is 9.90 Å². The van der Waals surface area contributed by atoms with Crippen molar-refractivity contribution in [3.63, 3.8) is 0 Å². The first-order valence-electron chi connectivity index (χ1n) is 23.3. The smallest absolute Gasteiger partial charge is 0.421 e. The zero-order valence-corrected chi connectivity index (χ0v) is 38.7. The van der Waals surface area contributed by atoms with Crippen molar-refractivity contribution in [2.45, 2.75) is 42.6 Å². The summed E-state index contributed by atoms with van der Waals surface area (Å²) in [4.78, 5) is 69.7. The lowest BCUT2D eigenvalue weighted by molar-refractivity contribution is -0.178. The molecule has 5 heterocycles. The number of methoxy groups -OCH3 is 1. The van der Waals surface area contributed by atoms with Gasteiger partial charge in [0.05, 0.1) is 42.4 Å². The standard InChI is InChI=1S/C55H49N7O9/c1-68-33-34-70-54(67)61-43-26-25-36(15-14-30-60-44-23-10-9-22-42(44)58-59-60)35-41(43)55(53(61)66)46(51(64)57-29-27-39-20-12-13-28-56-39)48-52(65)71-49(38-18-6-3-7-19-38)47(37-16-4-2-5-17-37)62(48)50(55)40-21-8-11-24-45(40)69-32-31-63/h2-13,16-26,28,35,46-50,63H,27,29-34H2,1H3,(H,57,64). The summed E-state index contributed by atoms with van der Waals surface area (Å²) in [5.74, 6) is 2.96. The van der Waals surface area contributed by atoms with Crippen LogP contribution < -0.4 is 15.0 Å². The lowest BCUT2D eigenvalue weighted by atomic mass is 9.65. The minimum absolute atomic E-state index is 0.0438. The van der Waals surface area contributed by atoms with E-state index in [1.54, 1.807) is 59.4 Å². The molecule has 6 unspecified atom stereocenters. The van der Waals surface area contributed by atoms with Crippen LogP contribution in [0, 0.1) is 17.8 Å². The Morgan fingerprint density at radius 2 is 1.58 bits per heavy atom. The van der Waals surface area contributed by atoms with Gasteiger partial charge in [-0.2, -0.15) is 0 Å². The van der Waals surface area contributed by atoms with Crippen molar-refractivity contribution in [1.82, 2.24) is 30.2 Å². The lowest BCUT2D eigenvalue weighted by Gasteiger charge is -2.46. The van der Waals surface area contributed by atoms with Crippen LogP contribution in [0.5, 0.6) is 5.75 Å². The van der Waals surface area contributed by atoms with Crippen LogP contribution in [0.3, 0.4) is 0 Å². The van der Waals surface area contributed by atoms with Gasteiger partial charge in [0.25, 0.3) is 0 Å². The fourth-order valence-electron chi connectivity index (χ4n) is 10.4. The van der Waals surface area contributed by atoms with Crippen molar-refractivity contribution in [3.05, 3.63) is 185 Å². The molecule has 2 N–H and O–H groups in total. The van der Waals surface area contributed by atoms with E-state index in [0.717, 1.165) is 16.0 Å². The third kappa shape index (κ3) is 8.54. The molecule has 5 aromatic carbocycles. The largest absolute Gasteiger partial charge is 0.491 e. The summed E-state index contributed by atoms with van der Waals surface area (Å²) in [6.45, 7) is -0.328. The number of pyridine rings is 1. The Labute approximate surface area is 409 Å². The number of carbonyl (C=O) groups excluding carboxylic acids is 4. The number of aliphatic hydroxyl groups excluding tert-OH is 1. The number of hydrogen-bond acceptors (Lipinski definition) is 13. The second-order valence-electron chi connectivity index (χ2n) is 17.3. The molecule has 3 amide bonds. The maximum atomic E-state index is 16.5. The van der Waals surface area contributed by atoms with Crippen molar-refractivity contribution < 1.29 is 43.2 Å². The molecule has 2 aromatic heterocycles. The van der Waals surface area contributed by atoms with E-state index in [2.05, 4.69) is 32.5 Å². The molecular formula is C55H49N7O9. The average molecular weight is 952 g/mol. The van der Waals surface area contributed by atoms with Gasteiger partial charge in [-0.1, -0.05) is 114 Å². The van der Waals surface area contributed by atoms with Crippen LogP contribution in [0.25, 0.3) is 11.0 Å². The number of rotatable bonds is 14. The lowest BCUT2D eigenvalue weighted by Crippen LogP contribution is -2.56. The molecule has 0 aliphatic carbocycles. The third-order valence-electron chi connectivity index (χ3n) is 13.3. The van der Waals surface area contributed by atoms with Crippen molar-refractivity contribution in [2.75, 3.05) is 45.0 Å². The second kappa shape index (κ2) is 20.4. The molecule has 16 heteroatoms. The number of aromatic nitrogens is 4. The fraction of sp³-hybridized carbons (Fsp3) is 0.255. The molecule has 1 spiro atoms. The second-order valence-corrected chi connectivity index (χ2v) is 17.3. The van der Waals surface area contributed by atoms with Gasteiger partial charge in [-0.25, -0.2) is 14.4 Å². The molecule has 71 heavy (non-hydrogen) atoms. The minimum atomic E-state index is -2.11. The van der Waals surface area contributed by atoms with Crippen molar-refractivity contribution in [1.29, 1.82) is 0 Å². The Kier molecular flexibility index (Phi) is 13.4. The Morgan fingerprint density at radius 1 is 0.831 bits per heavy atom. The molecule has 3 aliphatic rings. The first-order valence-corrected chi connectivity index (χ1v) is 23.3. The van der Waals surface area contributed by atoms with E-state index in [1.807, 2.05) is 102 Å². The number of esters is 1. The average Bonchev–Trinajstić information content (AvgIpc) is 4.05. The topological polar surface area (TPSA) is 188 Å². The number of hydrogen-bond donors (Lipinski definition) is 2. The number of nitrogens with zero attached hydrogens (tertiary/aromatic N) is 6. The summed E-state index contributed by atoms with van der Waals surface area (Å²) in [7, 11) is 1.46. The number of carbonyl (C=O) groups is 4. The summed E-state index contributed by atoms with van der Waals surface area (Å²) in [5, 5.41) is 21.8. The van der Waals surface area contributed by atoms with E-state index < -0.39 is 59.4 Å². The number of ether oxygens (including phenoxy) is 4. The normalized spacial score (nSPS) is 21.3. The van der Waals surface area contributed by atoms with Gasteiger partial charge in [-0.05, 0) is 65.2 Å². The maximum Gasteiger partial charge on any atom is 0.421 e. The highest BCUT2D eigenvalue weighted by Crippen LogP contribution is 2.66. The van der Waals surface area contributed by atoms with Crippen LogP contribution in [-0.4, -0.2) is 100.0 Å². The maximum absolute atomic E-state index is 16.5. The Morgan fingerprint density at radius 3 is 2.35 bits per heavy atom. The molecular weight excluding hydrogens is 903 g/mol. The van der Waals surface area contributed by atoms with Gasteiger partial charge >= 0.3 is 12.1 Å². The first-order chi connectivity index (χ1) is 34.8. The van der Waals surface area contributed by atoms with Gasteiger partial charge in [-0.3, -0.25) is 24.3 Å². The van der Waals surface area contributed by atoms with Gasteiger partial charge in [0.2, 0.25) is 11.8 Å². The van der Waals surface area contributed by atoms with Crippen LogP contribution in [0.2, 0.25) is 0 Å². The van der Waals surface area contributed by atoms with Crippen LogP contribution in [0.4, 0.5) is 10.5 Å². The molecule has 2 saturated heterocycles. The van der Waals surface area contributed by atoms with E-state index in [0.29, 0.717) is 34.3 Å². The molecule has 3 aliphatic heterocycles. The number of para-hydroxylation sites is 2. The Bertz CT molecular complexity index is 3140. The quantitative estimate of drug-likeness (QED) is 0.0729. The first kappa shape index (κ1) is 46.5. The summed E-state index contributed by atoms with van der Waals surface area (Å²) in [6.07, 6.45) is 0.0394. The molecule has 10 rings (SSSR count). The summed E-state index contributed by atoms with van der Waals surface area (Å²) in [5.41, 5.74) is 2.77. The number of cyclic esters (lactones) is 1. The highest BCUT2D eigenvalue weighted by atomic mass is 16.6. The number of amides is 3. The summed E-state index contributed by atoms with van der Waals surface area (Å²) < 4.78 is 25.5. The number of nitrogens with one attached hydrogen (secondary N) is 1. The Balaban J connectivity index is 1.23. The molecule has 0 bridgehead atoms. The highest BCUT2D eigenvalue weighted by molar-refractivity contribution is 6.23. The molecule has 7 aromatic rings. The van der Waals surface area contributed by atoms with E-state index in [-0.39, 0.29) is 56.5 Å². The molecule has 358 valence electrons. The zero-order valence-electron chi connectivity index (χ0n) is 38.7. The highest BCUT2D eigenvalue weighted by Gasteiger charge is 2.76. The SMILES string of the molecule is COCCOC(=O)N1C(=O)C2(c3cc(C#CCn4nnc5ccccc54)ccc31)C(C(=O)NCCc1ccccn1)C1C(=O)OC(c3ccccc3)C(c3ccccc3)N1C2c1ccccc1OCCO. The number of aliphatic hydroxyl groups is 1. The van der Waals surface area contributed by atoms with Gasteiger partial charge in [0.15, 0.2) is 0 Å². The summed E-state index contributed by atoms with van der Waals surface area (Å²) >= 11 is 0. The number of fused-ring (bicyclic) bond motifs is 4. The molecule has 0 radical (unpaired) electrons. The number of morpholine rings is 1. The van der Waals surface area contributed by atoms with Gasteiger partial charge in [0.1, 0.15) is 48.6 Å². The van der Waals surface area contributed by atoms with Crippen molar-refractivity contribution >= 4 is 40.6 Å². The van der Waals surface area contributed by atoms with E-state index in [1.165, 1.54) is 7.11 Å². The molecule has 0 saturated carbocycles. The Hall–Kier alpha value is -8.23. The number of anilines is 1. The molecule has 16 nitrogen and oxygen atoms in total. The van der Waals surface area contributed by atoms with Crippen LogP contribution >= 0.6 is 0 Å². The number of benzene rings is 5. The molecule has 2 fully saturated rings. The van der Waals surface area contributed by atoms with Gasteiger partial charge < -0.3 is 29.4 Å². The number of imide groups is 1. The van der Waals surface area contributed by atoms with Crippen molar-refractivity contribution in [3.8, 4) is 17.6 Å². The predicted molar refractivity (Wildman–Crippen MR) is 260 cm³/mol. The predicted octanol–water partition coefficient (Wildman–Crippen LogP) is 6.06. The minimum Gasteiger partial charge on any atom is -0.491 e. The van der Waals surface area contributed by atoms with Gasteiger partial charge in [-0.15, -0.1) is 5.10 Å². The summed E-state index contributed by atoms with van der Waals surface area (Å²) in [6, 6.07) is 40.4. The monoisotopic (exact) mass is 951 g/mol. The molecule has 6 atom stereocenters.